The molecule has 6 nitrogen and oxygen atoms in total. The number of hydrogen-bond donors (Lipinski definition) is 1. The summed E-state index contributed by atoms with van der Waals surface area (Å²) >= 11 is 0. The van der Waals surface area contributed by atoms with Gasteiger partial charge in [-0.05, 0) is 36.8 Å². The SMILES string of the molecule is CC(OC(=O)CCC(=O)c1ccccc1)C(=O)Nc1ccc(OCc2ccccc2)cc1. The average molecular weight is 431 g/mol. The van der Waals surface area contributed by atoms with Crippen LogP contribution in [0.3, 0.4) is 0 Å². The fourth-order valence-corrected chi connectivity index (χ4v) is 2.91. The maximum absolute atomic E-state index is 12.3. The number of hydrogen-bond acceptors (Lipinski definition) is 5. The molecule has 0 aliphatic rings. The van der Waals surface area contributed by atoms with Crippen molar-refractivity contribution in [2.24, 2.45) is 0 Å². The summed E-state index contributed by atoms with van der Waals surface area (Å²) in [5, 5.41) is 2.70. The van der Waals surface area contributed by atoms with Gasteiger partial charge < -0.3 is 14.8 Å². The first-order valence-electron chi connectivity index (χ1n) is 10.4. The van der Waals surface area contributed by atoms with Gasteiger partial charge in [-0.1, -0.05) is 60.7 Å². The summed E-state index contributed by atoms with van der Waals surface area (Å²) < 4.78 is 10.9. The Kier molecular flexibility index (Phi) is 8.15. The van der Waals surface area contributed by atoms with Gasteiger partial charge in [0.1, 0.15) is 12.4 Å². The van der Waals surface area contributed by atoms with Crippen LogP contribution in [0.25, 0.3) is 0 Å². The van der Waals surface area contributed by atoms with Gasteiger partial charge in [-0.25, -0.2) is 0 Å². The third-order valence-electron chi connectivity index (χ3n) is 4.70. The lowest BCUT2D eigenvalue weighted by Gasteiger charge is -2.14. The van der Waals surface area contributed by atoms with E-state index in [4.69, 9.17) is 9.47 Å². The smallest absolute Gasteiger partial charge is 0.307 e. The fraction of sp³-hybridized carbons (Fsp3) is 0.192. The van der Waals surface area contributed by atoms with Crippen molar-refractivity contribution in [1.29, 1.82) is 0 Å². The Labute approximate surface area is 187 Å². The van der Waals surface area contributed by atoms with E-state index in [9.17, 15) is 14.4 Å². The summed E-state index contributed by atoms with van der Waals surface area (Å²) in [5.41, 5.74) is 2.16. The van der Waals surface area contributed by atoms with Gasteiger partial charge >= 0.3 is 5.97 Å². The number of ether oxygens (including phenoxy) is 2. The van der Waals surface area contributed by atoms with Crippen molar-refractivity contribution in [3.8, 4) is 5.75 Å². The Balaban J connectivity index is 1.41. The van der Waals surface area contributed by atoms with Crippen molar-refractivity contribution in [1.82, 2.24) is 0 Å². The summed E-state index contributed by atoms with van der Waals surface area (Å²) in [6, 6.07) is 25.5. The molecule has 1 atom stereocenters. The van der Waals surface area contributed by atoms with Gasteiger partial charge in [0.25, 0.3) is 5.91 Å². The second-order valence-electron chi connectivity index (χ2n) is 7.21. The minimum atomic E-state index is -0.983. The number of amides is 1. The largest absolute Gasteiger partial charge is 0.489 e. The highest BCUT2D eigenvalue weighted by Crippen LogP contribution is 2.17. The highest BCUT2D eigenvalue weighted by atomic mass is 16.5. The monoisotopic (exact) mass is 431 g/mol. The number of carbonyl (C=O) groups excluding carboxylic acids is 3. The van der Waals surface area contributed by atoms with Crippen LogP contribution in [-0.2, 0) is 20.9 Å². The Bertz CT molecular complexity index is 1030. The standard InChI is InChI=1S/C26H25NO5/c1-19(32-25(29)17-16-24(28)21-10-6-3-7-11-21)26(30)27-22-12-14-23(15-13-22)31-18-20-8-4-2-5-9-20/h2-15,19H,16-18H2,1H3,(H,27,30). The molecule has 0 spiro atoms. The van der Waals surface area contributed by atoms with E-state index >= 15 is 0 Å². The molecule has 0 radical (unpaired) electrons. The van der Waals surface area contributed by atoms with Gasteiger partial charge in [0.15, 0.2) is 11.9 Å². The van der Waals surface area contributed by atoms with Crippen LogP contribution in [0, 0.1) is 0 Å². The van der Waals surface area contributed by atoms with Crippen molar-refractivity contribution >= 4 is 23.3 Å². The quantitative estimate of drug-likeness (QED) is 0.368. The Morgan fingerprint density at radius 3 is 2.09 bits per heavy atom. The zero-order valence-corrected chi connectivity index (χ0v) is 17.8. The van der Waals surface area contributed by atoms with Gasteiger partial charge in [-0.15, -0.1) is 0 Å². The molecule has 3 aromatic carbocycles. The molecule has 32 heavy (non-hydrogen) atoms. The summed E-state index contributed by atoms with van der Waals surface area (Å²) in [6.45, 7) is 1.94. The van der Waals surface area contributed by atoms with Gasteiger partial charge in [-0.2, -0.15) is 0 Å². The number of carbonyl (C=O) groups is 3. The molecule has 0 heterocycles. The molecule has 0 aliphatic heterocycles. The van der Waals surface area contributed by atoms with E-state index in [2.05, 4.69) is 5.32 Å². The predicted octanol–water partition coefficient (Wildman–Crippen LogP) is 4.80. The first-order chi connectivity index (χ1) is 15.5. The zero-order valence-electron chi connectivity index (χ0n) is 17.8. The topological polar surface area (TPSA) is 81.7 Å². The first-order valence-corrected chi connectivity index (χ1v) is 10.4. The molecular formula is C26H25NO5. The van der Waals surface area contributed by atoms with Crippen LogP contribution >= 0.6 is 0 Å². The summed E-state index contributed by atoms with van der Waals surface area (Å²) in [4.78, 5) is 36.4. The molecule has 1 unspecified atom stereocenters. The fourth-order valence-electron chi connectivity index (χ4n) is 2.91. The molecule has 0 bridgehead atoms. The van der Waals surface area contributed by atoms with Gasteiger partial charge in [0.05, 0.1) is 6.42 Å². The lowest BCUT2D eigenvalue weighted by atomic mass is 10.1. The number of benzene rings is 3. The summed E-state index contributed by atoms with van der Waals surface area (Å²) in [6.07, 6.45) is -1.04. The lowest BCUT2D eigenvalue weighted by Crippen LogP contribution is -2.30. The van der Waals surface area contributed by atoms with Crippen LogP contribution in [-0.4, -0.2) is 23.8 Å². The molecule has 1 N–H and O–H groups in total. The highest BCUT2D eigenvalue weighted by Gasteiger charge is 2.19. The van der Waals surface area contributed by atoms with Crippen molar-refractivity contribution < 1.29 is 23.9 Å². The van der Waals surface area contributed by atoms with Crippen LogP contribution in [0.15, 0.2) is 84.9 Å². The number of rotatable bonds is 10. The highest BCUT2D eigenvalue weighted by molar-refractivity contribution is 5.98. The Morgan fingerprint density at radius 2 is 1.44 bits per heavy atom. The number of Topliss-reactive ketones (excluding diaryl/α,β-unsaturated/α-hetero) is 1. The van der Waals surface area contributed by atoms with Crippen LogP contribution in [0.2, 0.25) is 0 Å². The van der Waals surface area contributed by atoms with Gasteiger partial charge in [0, 0.05) is 17.7 Å². The molecule has 164 valence electrons. The van der Waals surface area contributed by atoms with Crippen molar-refractivity contribution in [3.63, 3.8) is 0 Å². The molecule has 0 aromatic heterocycles. The van der Waals surface area contributed by atoms with E-state index in [0.29, 0.717) is 23.6 Å². The Hall–Kier alpha value is -3.93. The number of ketones is 1. The molecular weight excluding hydrogens is 406 g/mol. The van der Waals surface area contributed by atoms with Crippen LogP contribution < -0.4 is 10.1 Å². The van der Waals surface area contributed by atoms with Crippen LogP contribution in [0.5, 0.6) is 5.75 Å². The Morgan fingerprint density at radius 1 is 0.812 bits per heavy atom. The maximum atomic E-state index is 12.3. The molecule has 0 saturated carbocycles. The molecule has 0 fully saturated rings. The van der Waals surface area contributed by atoms with Crippen LogP contribution in [0.4, 0.5) is 5.69 Å². The van der Waals surface area contributed by atoms with Crippen LogP contribution in [0.1, 0.15) is 35.7 Å². The van der Waals surface area contributed by atoms with E-state index in [1.54, 1.807) is 48.5 Å². The summed E-state index contributed by atoms with van der Waals surface area (Å²) in [5.74, 6) is -0.518. The molecule has 3 aromatic rings. The van der Waals surface area contributed by atoms with Crippen molar-refractivity contribution in [2.45, 2.75) is 32.5 Å². The molecule has 1 amide bonds. The second kappa shape index (κ2) is 11.5. The molecule has 0 saturated heterocycles. The third kappa shape index (κ3) is 7.09. The van der Waals surface area contributed by atoms with E-state index in [1.807, 2.05) is 36.4 Å². The van der Waals surface area contributed by atoms with Crippen molar-refractivity contribution in [2.75, 3.05) is 5.32 Å². The molecule has 0 aliphatic carbocycles. The number of anilines is 1. The zero-order chi connectivity index (χ0) is 22.8. The minimum Gasteiger partial charge on any atom is -0.489 e. The first kappa shape index (κ1) is 22.7. The second-order valence-corrected chi connectivity index (χ2v) is 7.21. The summed E-state index contributed by atoms with van der Waals surface area (Å²) in [7, 11) is 0. The molecule has 3 rings (SSSR count). The van der Waals surface area contributed by atoms with Crippen molar-refractivity contribution in [3.05, 3.63) is 96.1 Å². The van der Waals surface area contributed by atoms with Gasteiger partial charge in [0.2, 0.25) is 0 Å². The van der Waals surface area contributed by atoms with E-state index in [1.165, 1.54) is 6.92 Å². The average Bonchev–Trinajstić information content (AvgIpc) is 2.83. The third-order valence-corrected chi connectivity index (χ3v) is 4.70. The van der Waals surface area contributed by atoms with E-state index in [-0.39, 0.29) is 18.6 Å². The van der Waals surface area contributed by atoms with E-state index < -0.39 is 18.0 Å². The molecule has 6 heteroatoms. The number of nitrogens with one attached hydrogen (secondary N) is 1. The van der Waals surface area contributed by atoms with E-state index in [0.717, 1.165) is 5.56 Å². The van der Waals surface area contributed by atoms with Gasteiger partial charge in [-0.3, -0.25) is 14.4 Å². The normalized spacial score (nSPS) is 11.3. The lowest BCUT2D eigenvalue weighted by molar-refractivity contribution is -0.153. The predicted molar refractivity (Wildman–Crippen MR) is 121 cm³/mol. The minimum absolute atomic E-state index is 0.0294. The number of esters is 1. The maximum Gasteiger partial charge on any atom is 0.307 e.